The monoisotopic (exact) mass is 269 g/mol. The molecular weight excluding hydrogens is 250 g/mol. The summed E-state index contributed by atoms with van der Waals surface area (Å²) in [7, 11) is -3.77. The van der Waals surface area contributed by atoms with Crippen LogP contribution in [-0.4, -0.2) is 24.1 Å². The second-order valence-corrected chi connectivity index (χ2v) is 6.68. The smallest absolute Gasteiger partial charge is 0.265 e. The molecule has 1 aromatic rings. The van der Waals surface area contributed by atoms with Crippen molar-refractivity contribution in [3.05, 3.63) is 29.8 Å². The number of hydrogen-bond donors (Lipinski definition) is 1. The molecule has 0 saturated heterocycles. The fraction of sp³-hybridized carbons (Fsp3) is 0.538. The van der Waals surface area contributed by atoms with Crippen molar-refractivity contribution in [2.24, 2.45) is 0 Å². The molecule has 1 fully saturated rings. The summed E-state index contributed by atoms with van der Waals surface area (Å²) in [6.45, 7) is 1.90. The maximum Gasteiger partial charge on any atom is 0.265 e. The summed E-state index contributed by atoms with van der Waals surface area (Å²) >= 11 is 0. The third-order valence-electron chi connectivity index (χ3n) is 3.45. The Labute approximate surface area is 108 Å². The summed E-state index contributed by atoms with van der Waals surface area (Å²) in [6.07, 6.45) is 4.55. The lowest BCUT2D eigenvalue weighted by Crippen LogP contribution is -2.38. The molecule has 0 atom stereocenters. The molecule has 1 aliphatic carbocycles. The maximum atomic E-state index is 12.2. The van der Waals surface area contributed by atoms with Gasteiger partial charge in [0.05, 0.1) is 10.9 Å². The van der Waals surface area contributed by atoms with Crippen molar-refractivity contribution >= 4 is 10.0 Å². The second-order valence-electron chi connectivity index (χ2n) is 4.88. The zero-order chi connectivity index (χ0) is 13.2. The lowest BCUT2D eigenvalue weighted by molar-refractivity contribution is -0.0467. The SMILES string of the molecule is Cc1ccc(S(=O)(=O)N(O)C2CCCCC2)cc1. The summed E-state index contributed by atoms with van der Waals surface area (Å²) in [6, 6.07) is 6.28. The minimum Gasteiger partial charge on any atom is -0.299 e. The number of hydrogen-bond acceptors (Lipinski definition) is 3. The van der Waals surface area contributed by atoms with Gasteiger partial charge in [0.25, 0.3) is 10.0 Å². The highest BCUT2D eigenvalue weighted by atomic mass is 32.2. The van der Waals surface area contributed by atoms with Gasteiger partial charge in [-0.05, 0) is 31.9 Å². The van der Waals surface area contributed by atoms with Gasteiger partial charge in [0.2, 0.25) is 0 Å². The van der Waals surface area contributed by atoms with E-state index in [-0.39, 0.29) is 10.9 Å². The normalized spacial score (nSPS) is 18.2. The number of aryl methyl sites for hydroxylation is 1. The van der Waals surface area contributed by atoms with Crippen molar-refractivity contribution in [2.45, 2.75) is 50.0 Å². The van der Waals surface area contributed by atoms with E-state index in [4.69, 9.17) is 0 Å². The first-order chi connectivity index (χ1) is 8.51. The molecule has 1 aromatic carbocycles. The van der Waals surface area contributed by atoms with Crippen LogP contribution in [0.25, 0.3) is 0 Å². The average molecular weight is 269 g/mol. The molecule has 5 heteroatoms. The van der Waals surface area contributed by atoms with E-state index >= 15 is 0 Å². The topological polar surface area (TPSA) is 57.6 Å². The number of benzene rings is 1. The molecular formula is C13H19NO3S. The Hall–Kier alpha value is -0.910. The minimum atomic E-state index is -3.77. The molecule has 0 bridgehead atoms. The van der Waals surface area contributed by atoms with Crippen LogP contribution in [0.3, 0.4) is 0 Å². The predicted molar refractivity (Wildman–Crippen MR) is 68.9 cm³/mol. The van der Waals surface area contributed by atoms with E-state index in [1.165, 1.54) is 12.1 Å². The fourth-order valence-electron chi connectivity index (χ4n) is 2.32. The van der Waals surface area contributed by atoms with Gasteiger partial charge in [0.1, 0.15) is 0 Å². The predicted octanol–water partition coefficient (Wildman–Crippen LogP) is 2.71. The van der Waals surface area contributed by atoms with Gasteiger partial charge in [-0.25, -0.2) is 8.42 Å². The van der Waals surface area contributed by atoms with Crippen LogP contribution in [-0.2, 0) is 10.0 Å². The second kappa shape index (κ2) is 5.38. The van der Waals surface area contributed by atoms with Gasteiger partial charge in [-0.1, -0.05) is 41.4 Å². The molecule has 100 valence electrons. The Balaban J connectivity index is 2.21. The van der Waals surface area contributed by atoms with Crippen LogP contribution in [0.4, 0.5) is 0 Å². The first-order valence-electron chi connectivity index (χ1n) is 6.32. The Morgan fingerprint density at radius 1 is 1.11 bits per heavy atom. The first-order valence-corrected chi connectivity index (χ1v) is 7.76. The van der Waals surface area contributed by atoms with Crippen LogP contribution in [0.15, 0.2) is 29.2 Å². The first kappa shape index (κ1) is 13.5. The summed E-state index contributed by atoms with van der Waals surface area (Å²) in [5, 5.41) is 9.97. The largest absolute Gasteiger partial charge is 0.299 e. The van der Waals surface area contributed by atoms with E-state index < -0.39 is 10.0 Å². The van der Waals surface area contributed by atoms with Crippen molar-refractivity contribution in [3.63, 3.8) is 0 Å². The molecule has 1 N–H and O–H groups in total. The molecule has 0 radical (unpaired) electrons. The van der Waals surface area contributed by atoms with Gasteiger partial charge in [-0.15, -0.1) is 0 Å². The van der Waals surface area contributed by atoms with Crippen molar-refractivity contribution in [1.82, 2.24) is 4.47 Å². The average Bonchev–Trinajstić information content (AvgIpc) is 2.39. The van der Waals surface area contributed by atoms with Gasteiger partial charge >= 0.3 is 0 Å². The molecule has 0 aromatic heterocycles. The van der Waals surface area contributed by atoms with E-state index in [9.17, 15) is 13.6 Å². The van der Waals surface area contributed by atoms with Crippen molar-refractivity contribution in [2.75, 3.05) is 0 Å². The molecule has 0 spiro atoms. The maximum absolute atomic E-state index is 12.2. The molecule has 18 heavy (non-hydrogen) atoms. The molecule has 0 aliphatic heterocycles. The molecule has 0 heterocycles. The lowest BCUT2D eigenvalue weighted by atomic mass is 9.96. The van der Waals surface area contributed by atoms with Gasteiger partial charge in [-0.2, -0.15) is 0 Å². The Morgan fingerprint density at radius 3 is 2.22 bits per heavy atom. The highest BCUT2D eigenvalue weighted by molar-refractivity contribution is 7.89. The molecule has 2 rings (SSSR count). The Bertz CT molecular complexity index is 489. The van der Waals surface area contributed by atoms with Gasteiger partial charge in [0, 0.05) is 0 Å². The van der Waals surface area contributed by atoms with Crippen LogP contribution < -0.4 is 0 Å². The molecule has 1 saturated carbocycles. The zero-order valence-corrected chi connectivity index (χ0v) is 11.4. The zero-order valence-electron chi connectivity index (χ0n) is 10.5. The molecule has 0 unspecified atom stereocenters. The molecule has 1 aliphatic rings. The number of nitrogens with zero attached hydrogens (tertiary/aromatic N) is 1. The van der Waals surface area contributed by atoms with Crippen LogP contribution in [0, 0.1) is 6.92 Å². The lowest BCUT2D eigenvalue weighted by Gasteiger charge is -2.28. The minimum absolute atomic E-state index is 0.154. The molecule has 4 nitrogen and oxygen atoms in total. The van der Waals surface area contributed by atoms with Crippen LogP contribution in [0.5, 0.6) is 0 Å². The van der Waals surface area contributed by atoms with Gasteiger partial charge in [0.15, 0.2) is 0 Å². The third-order valence-corrected chi connectivity index (χ3v) is 5.11. The number of sulfonamides is 1. The van der Waals surface area contributed by atoms with Crippen molar-refractivity contribution in [1.29, 1.82) is 0 Å². The van der Waals surface area contributed by atoms with E-state index in [0.29, 0.717) is 4.47 Å². The van der Waals surface area contributed by atoms with E-state index in [2.05, 4.69) is 0 Å². The van der Waals surface area contributed by atoms with E-state index in [1.807, 2.05) is 6.92 Å². The summed E-state index contributed by atoms with van der Waals surface area (Å²) in [5.74, 6) is 0. The Morgan fingerprint density at radius 2 is 1.67 bits per heavy atom. The van der Waals surface area contributed by atoms with Crippen LogP contribution in [0.1, 0.15) is 37.7 Å². The van der Waals surface area contributed by atoms with Crippen LogP contribution >= 0.6 is 0 Å². The standard InChI is InChI=1S/C13H19NO3S/c1-11-7-9-13(10-8-11)18(16,17)14(15)12-5-3-2-4-6-12/h7-10,12,15H,2-6H2,1H3. The van der Waals surface area contributed by atoms with Gasteiger partial charge < -0.3 is 0 Å². The fourth-order valence-corrected chi connectivity index (χ4v) is 3.62. The van der Waals surface area contributed by atoms with E-state index in [0.717, 1.165) is 37.7 Å². The highest BCUT2D eigenvalue weighted by Crippen LogP contribution is 2.26. The third kappa shape index (κ3) is 2.74. The van der Waals surface area contributed by atoms with Crippen molar-refractivity contribution in [3.8, 4) is 0 Å². The highest BCUT2D eigenvalue weighted by Gasteiger charge is 2.30. The summed E-state index contributed by atoms with van der Waals surface area (Å²) in [5.41, 5.74) is 0.996. The summed E-state index contributed by atoms with van der Waals surface area (Å²) in [4.78, 5) is 0.154. The number of rotatable bonds is 3. The quantitative estimate of drug-likeness (QED) is 0.858. The number of hydroxylamine groups is 1. The van der Waals surface area contributed by atoms with Gasteiger partial charge in [-0.3, -0.25) is 5.21 Å². The van der Waals surface area contributed by atoms with Crippen molar-refractivity contribution < 1.29 is 13.6 Å². The summed E-state index contributed by atoms with van der Waals surface area (Å²) < 4.78 is 25.0. The van der Waals surface area contributed by atoms with Crippen LogP contribution in [0.2, 0.25) is 0 Å². The van der Waals surface area contributed by atoms with E-state index in [1.54, 1.807) is 12.1 Å². The molecule has 0 amide bonds. The Kier molecular flexibility index (Phi) is 4.04.